The van der Waals surface area contributed by atoms with Crippen molar-refractivity contribution in [3.63, 3.8) is 0 Å². The molecule has 0 aromatic heterocycles. The van der Waals surface area contributed by atoms with Crippen LogP contribution in [0.4, 0.5) is 4.79 Å². The lowest BCUT2D eigenvalue weighted by atomic mass is 9.97. The summed E-state index contributed by atoms with van der Waals surface area (Å²) in [5.41, 5.74) is -0.569. The largest absolute Gasteiger partial charge is 0.466 e. The van der Waals surface area contributed by atoms with Gasteiger partial charge in [-0.3, -0.25) is 4.79 Å². The van der Waals surface area contributed by atoms with E-state index in [1.165, 1.54) is 0 Å². The van der Waals surface area contributed by atoms with E-state index in [2.05, 4.69) is 0 Å². The molecule has 7 nitrogen and oxygen atoms in total. The van der Waals surface area contributed by atoms with Gasteiger partial charge in [-0.15, -0.1) is 0 Å². The second-order valence-corrected chi connectivity index (χ2v) is 6.49. The van der Waals surface area contributed by atoms with Crippen LogP contribution in [-0.4, -0.2) is 62.3 Å². The van der Waals surface area contributed by atoms with E-state index in [-0.39, 0.29) is 25.2 Å². The Morgan fingerprint density at radius 2 is 1.78 bits per heavy atom. The van der Waals surface area contributed by atoms with Gasteiger partial charge in [0.1, 0.15) is 12.4 Å². The molecule has 0 aromatic rings. The van der Waals surface area contributed by atoms with E-state index in [9.17, 15) is 9.59 Å². The van der Waals surface area contributed by atoms with Crippen LogP contribution in [0.25, 0.3) is 0 Å². The molecular weight excluding hydrogens is 302 g/mol. The van der Waals surface area contributed by atoms with Crippen molar-refractivity contribution in [1.82, 2.24) is 4.90 Å². The van der Waals surface area contributed by atoms with E-state index in [4.69, 9.17) is 18.9 Å². The van der Waals surface area contributed by atoms with Crippen LogP contribution in [0.2, 0.25) is 0 Å². The first kappa shape index (κ1) is 19.7. The number of carbonyl (C=O) groups excluding carboxylic acids is 2. The number of hydrogen-bond acceptors (Lipinski definition) is 6. The zero-order chi connectivity index (χ0) is 17.5. The van der Waals surface area contributed by atoms with E-state index in [0.29, 0.717) is 26.4 Å². The molecule has 23 heavy (non-hydrogen) atoms. The lowest BCUT2D eigenvalue weighted by Gasteiger charge is -2.24. The van der Waals surface area contributed by atoms with Crippen molar-refractivity contribution in [2.75, 3.05) is 39.7 Å². The van der Waals surface area contributed by atoms with Gasteiger partial charge in [-0.05, 0) is 34.6 Å². The molecule has 1 aliphatic heterocycles. The van der Waals surface area contributed by atoms with E-state index < -0.39 is 17.6 Å². The second kappa shape index (κ2) is 9.08. The Morgan fingerprint density at radius 1 is 1.09 bits per heavy atom. The number of ether oxygens (including phenoxy) is 4. The standard InChI is InChI=1S/C16H29NO6/c1-6-20-11-21-10-12-8-17(15(19)23-16(3,4)5)9-13(12)14(18)22-7-2/h12-13H,6-11H2,1-5H3/t12-,13+/m1/s1. The van der Waals surface area contributed by atoms with Crippen molar-refractivity contribution >= 4 is 12.1 Å². The molecule has 0 bridgehead atoms. The van der Waals surface area contributed by atoms with Crippen molar-refractivity contribution in [2.24, 2.45) is 11.8 Å². The molecule has 0 radical (unpaired) electrons. The quantitative estimate of drug-likeness (QED) is 0.404. The Morgan fingerprint density at radius 3 is 2.35 bits per heavy atom. The predicted octanol–water partition coefficient (Wildman–Crippen LogP) is 2.04. The van der Waals surface area contributed by atoms with Gasteiger partial charge in [0, 0.05) is 25.6 Å². The third kappa shape index (κ3) is 6.74. The van der Waals surface area contributed by atoms with Crippen LogP contribution in [0.1, 0.15) is 34.6 Å². The number of amides is 1. The highest BCUT2D eigenvalue weighted by Gasteiger charge is 2.41. The molecule has 1 saturated heterocycles. The summed E-state index contributed by atoms with van der Waals surface area (Å²) < 4.78 is 21.0. The summed E-state index contributed by atoms with van der Waals surface area (Å²) in [7, 11) is 0. The first-order valence-corrected chi connectivity index (χ1v) is 8.08. The summed E-state index contributed by atoms with van der Waals surface area (Å²) in [4.78, 5) is 25.8. The first-order valence-electron chi connectivity index (χ1n) is 8.08. The number of rotatable bonds is 7. The number of likely N-dealkylation sites (tertiary alicyclic amines) is 1. The minimum atomic E-state index is -0.569. The molecule has 134 valence electrons. The Labute approximate surface area is 138 Å². The Balaban J connectivity index is 2.65. The monoisotopic (exact) mass is 331 g/mol. The van der Waals surface area contributed by atoms with Gasteiger partial charge in [-0.25, -0.2) is 4.79 Å². The summed E-state index contributed by atoms with van der Waals surface area (Å²) >= 11 is 0. The minimum absolute atomic E-state index is 0.123. The maximum Gasteiger partial charge on any atom is 0.410 e. The SMILES string of the molecule is CCOCOC[C@H]1CN(C(=O)OC(C)(C)C)C[C@@H]1C(=O)OCC. The zero-order valence-electron chi connectivity index (χ0n) is 14.8. The van der Waals surface area contributed by atoms with Gasteiger partial charge in [0.05, 0.1) is 19.1 Å². The van der Waals surface area contributed by atoms with Crippen LogP contribution in [-0.2, 0) is 23.7 Å². The van der Waals surface area contributed by atoms with Crippen LogP contribution < -0.4 is 0 Å². The van der Waals surface area contributed by atoms with Gasteiger partial charge in [-0.1, -0.05) is 0 Å². The lowest BCUT2D eigenvalue weighted by molar-refractivity contribution is -0.150. The number of hydrogen-bond donors (Lipinski definition) is 0. The van der Waals surface area contributed by atoms with E-state index in [0.717, 1.165) is 0 Å². The van der Waals surface area contributed by atoms with E-state index >= 15 is 0 Å². The van der Waals surface area contributed by atoms with Crippen LogP contribution in [0, 0.1) is 11.8 Å². The zero-order valence-corrected chi connectivity index (χ0v) is 14.8. The molecule has 1 aliphatic rings. The molecule has 0 aromatic carbocycles. The summed E-state index contributed by atoms with van der Waals surface area (Å²) in [5, 5.41) is 0. The van der Waals surface area contributed by atoms with Gasteiger partial charge >= 0.3 is 12.1 Å². The maximum atomic E-state index is 12.2. The fourth-order valence-corrected chi connectivity index (χ4v) is 2.37. The molecule has 1 rings (SSSR count). The van der Waals surface area contributed by atoms with Crippen molar-refractivity contribution < 1.29 is 28.5 Å². The van der Waals surface area contributed by atoms with Crippen molar-refractivity contribution in [3.8, 4) is 0 Å². The summed E-state index contributed by atoms with van der Waals surface area (Å²) in [5.74, 6) is -0.824. The normalized spacial score (nSPS) is 21.3. The fourth-order valence-electron chi connectivity index (χ4n) is 2.37. The summed E-state index contributed by atoms with van der Waals surface area (Å²) in [6.45, 7) is 11.2. The van der Waals surface area contributed by atoms with Gasteiger partial charge in [0.2, 0.25) is 0 Å². The van der Waals surface area contributed by atoms with Gasteiger partial charge in [0.25, 0.3) is 0 Å². The highest BCUT2D eigenvalue weighted by atomic mass is 16.7. The summed E-state index contributed by atoms with van der Waals surface area (Å²) in [6.07, 6.45) is -0.417. The van der Waals surface area contributed by atoms with E-state index in [1.54, 1.807) is 11.8 Å². The summed E-state index contributed by atoms with van der Waals surface area (Å²) in [6, 6.07) is 0. The molecule has 2 atom stereocenters. The van der Waals surface area contributed by atoms with E-state index in [1.807, 2.05) is 27.7 Å². The number of carbonyl (C=O) groups is 2. The minimum Gasteiger partial charge on any atom is -0.466 e. The first-order chi connectivity index (χ1) is 10.8. The predicted molar refractivity (Wildman–Crippen MR) is 83.9 cm³/mol. The van der Waals surface area contributed by atoms with Crippen LogP contribution in [0.15, 0.2) is 0 Å². The molecule has 1 heterocycles. The molecule has 1 fully saturated rings. The van der Waals surface area contributed by atoms with Crippen molar-refractivity contribution in [3.05, 3.63) is 0 Å². The molecule has 7 heteroatoms. The van der Waals surface area contributed by atoms with Crippen molar-refractivity contribution in [2.45, 2.75) is 40.2 Å². The molecule has 0 N–H and O–H groups in total. The maximum absolute atomic E-state index is 12.2. The second-order valence-electron chi connectivity index (χ2n) is 6.49. The Hall–Kier alpha value is -1.34. The Bertz CT molecular complexity index is 393. The third-order valence-corrected chi connectivity index (χ3v) is 3.38. The molecule has 0 saturated carbocycles. The van der Waals surface area contributed by atoms with Gasteiger partial charge in [-0.2, -0.15) is 0 Å². The van der Waals surface area contributed by atoms with Gasteiger partial charge < -0.3 is 23.8 Å². The molecule has 0 aliphatic carbocycles. The highest BCUT2D eigenvalue weighted by Crippen LogP contribution is 2.26. The number of nitrogens with zero attached hydrogens (tertiary/aromatic N) is 1. The third-order valence-electron chi connectivity index (χ3n) is 3.38. The van der Waals surface area contributed by atoms with Crippen LogP contribution >= 0.6 is 0 Å². The molecule has 0 spiro atoms. The average Bonchev–Trinajstić information content (AvgIpc) is 2.86. The number of esters is 1. The molecular formula is C16H29NO6. The topological polar surface area (TPSA) is 74.3 Å². The van der Waals surface area contributed by atoms with Crippen LogP contribution in [0.3, 0.4) is 0 Å². The molecule has 0 unspecified atom stereocenters. The smallest absolute Gasteiger partial charge is 0.410 e. The lowest BCUT2D eigenvalue weighted by Crippen LogP contribution is -2.36. The highest BCUT2D eigenvalue weighted by molar-refractivity contribution is 5.76. The van der Waals surface area contributed by atoms with Gasteiger partial charge in [0.15, 0.2) is 0 Å². The molecule has 1 amide bonds. The van der Waals surface area contributed by atoms with Crippen molar-refractivity contribution in [1.29, 1.82) is 0 Å². The average molecular weight is 331 g/mol. The Kier molecular flexibility index (Phi) is 7.78. The fraction of sp³-hybridized carbons (Fsp3) is 0.875. The van der Waals surface area contributed by atoms with Crippen LogP contribution in [0.5, 0.6) is 0 Å².